The minimum absolute atomic E-state index is 0.285. The third-order valence-corrected chi connectivity index (χ3v) is 3.80. The molecule has 1 aromatic carbocycles. The molecule has 100 valence electrons. The van der Waals surface area contributed by atoms with Crippen LogP contribution in [0.3, 0.4) is 0 Å². The van der Waals surface area contributed by atoms with Crippen molar-refractivity contribution >= 4 is 0 Å². The van der Waals surface area contributed by atoms with Crippen LogP contribution in [0, 0.1) is 0 Å². The van der Waals surface area contributed by atoms with Crippen molar-refractivity contribution < 1.29 is 8.78 Å². The van der Waals surface area contributed by atoms with E-state index in [0.29, 0.717) is 13.0 Å². The Bertz CT molecular complexity index is 379. The van der Waals surface area contributed by atoms with E-state index in [2.05, 4.69) is 17.4 Å². The zero-order chi connectivity index (χ0) is 13.0. The van der Waals surface area contributed by atoms with Gasteiger partial charge in [-0.1, -0.05) is 31.2 Å². The van der Waals surface area contributed by atoms with E-state index in [1.165, 1.54) is 11.1 Å². The molecule has 0 saturated heterocycles. The van der Waals surface area contributed by atoms with Crippen LogP contribution in [-0.2, 0) is 6.42 Å². The number of nitrogens with one attached hydrogen (secondary N) is 1. The minimum Gasteiger partial charge on any atom is -0.309 e. The number of aryl methyl sites for hydroxylation is 1. The van der Waals surface area contributed by atoms with Gasteiger partial charge in [-0.3, -0.25) is 0 Å². The van der Waals surface area contributed by atoms with E-state index < -0.39 is 12.5 Å². The summed E-state index contributed by atoms with van der Waals surface area (Å²) in [7, 11) is 0. The van der Waals surface area contributed by atoms with Crippen LogP contribution in [0.2, 0.25) is 0 Å². The van der Waals surface area contributed by atoms with Crippen LogP contribution >= 0.6 is 0 Å². The molecule has 3 heteroatoms. The van der Waals surface area contributed by atoms with Crippen LogP contribution < -0.4 is 5.32 Å². The van der Waals surface area contributed by atoms with E-state index >= 15 is 0 Å². The molecule has 0 heterocycles. The molecule has 1 aliphatic carbocycles. The van der Waals surface area contributed by atoms with Gasteiger partial charge in [0.15, 0.2) is 0 Å². The van der Waals surface area contributed by atoms with Gasteiger partial charge in [-0.2, -0.15) is 0 Å². The molecule has 1 aliphatic rings. The van der Waals surface area contributed by atoms with Crippen molar-refractivity contribution in [2.45, 2.75) is 51.0 Å². The molecule has 0 radical (unpaired) electrons. The summed E-state index contributed by atoms with van der Waals surface area (Å²) in [6.07, 6.45) is 1.50. The summed E-state index contributed by atoms with van der Waals surface area (Å²) in [4.78, 5) is 0. The molecule has 2 rings (SSSR count). The second-order valence-corrected chi connectivity index (χ2v) is 5.02. The molecular weight excluding hydrogens is 232 g/mol. The lowest BCUT2D eigenvalue weighted by molar-refractivity contribution is 0.0903. The average Bonchev–Trinajstić information content (AvgIpc) is 2.38. The summed E-state index contributed by atoms with van der Waals surface area (Å²) in [6.45, 7) is 2.48. The maximum Gasteiger partial charge on any atom is 0.253 e. The second kappa shape index (κ2) is 6.28. The highest BCUT2D eigenvalue weighted by atomic mass is 19.3. The van der Waals surface area contributed by atoms with Crippen molar-refractivity contribution in [2.75, 3.05) is 6.54 Å². The number of alkyl halides is 2. The Balaban J connectivity index is 2.10. The highest BCUT2D eigenvalue weighted by Crippen LogP contribution is 2.35. The predicted octanol–water partition coefficient (Wildman–Crippen LogP) is 3.74. The molecule has 0 spiro atoms. The Kier molecular flexibility index (Phi) is 4.70. The topological polar surface area (TPSA) is 12.0 Å². The molecule has 0 bridgehead atoms. The van der Waals surface area contributed by atoms with Crippen LogP contribution in [-0.4, -0.2) is 19.0 Å². The molecule has 2 unspecified atom stereocenters. The summed E-state index contributed by atoms with van der Waals surface area (Å²) in [5, 5.41) is 2.91. The third-order valence-electron chi connectivity index (χ3n) is 3.80. The van der Waals surface area contributed by atoms with Gasteiger partial charge >= 0.3 is 0 Å². The average molecular weight is 253 g/mol. The highest BCUT2D eigenvalue weighted by molar-refractivity contribution is 5.32. The lowest BCUT2D eigenvalue weighted by Gasteiger charge is -2.29. The summed E-state index contributed by atoms with van der Waals surface area (Å²) in [5.41, 5.74) is 2.63. The van der Waals surface area contributed by atoms with Crippen molar-refractivity contribution in [1.82, 2.24) is 5.32 Å². The van der Waals surface area contributed by atoms with Crippen molar-refractivity contribution in [1.29, 1.82) is 0 Å². The summed E-state index contributed by atoms with van der Waals surface area (Å²) in [5.74, 6) is 0.285. The first-order chi connectivity index (χ1) is 8.72. The van der Waals surface area contributed by atoms with Gasteiger partial charge in [0.05, 0.1) is 6.04 Å². The molecule has 1 aromatic rings. The van der Waals surface area contributed by atoms with E-state index in [1.807, 2.05) is 19.1 Å². The molecule has 0 fully saturated rings. The summed E-state index contributed by atoms with van der Waals surface area (Å²) < 4.78 is 25.9. The Labute approximate surface area is 108 Å². The standard InChI is InChI=1S/C15H21F2N/c1-2-18-14(15(16)17)10-12-8-5-7-11-6-3-4-9-13(11)12/h3-4,6,9,12,14-15,18H,2,5,7-8,10H2,1H3. The van der Waals surface area contributed by atoms with Gasteiger partial charge in [-0.05, 0) is 49.3 Å². The summed E-state index contributed by atoms with van der Waals surface area (Å²) in [6, 6.07) is 7.61. The third kappa shape index (κ3) is 3.08. The Morgan fingerprint density at radius 3 is 2.83 bits per heavy atom. The Morgan fingerprint density at radius 1 is 1.33 bits per heavy atom. The molecule has 18 heavy (non-hydrogen) atoms. The number of fused-ring (bicyclic) bond motifs is 1. The van der Waals surface area contributed by atoms with Crippen LogP contribution in [0.4, 0.5) is 8.78 Å². The zero-order valence-electron chi connectivity index (χ0n) is 10.8. The van der Waals surface area contributed by atoms with E-state index in [0.717, 1.165) is 19.3 Å². The quantitative estimate of drug-likeness (QED) is 0.843. The smallest absolute Gasteiger partial charge is 0.253 e. The van der Waals surface area contributed by atoms with Gasteiger partial charge in [-0.25, -0.2) is 8.78 Å². The van der Waals surface area contributed by atoms with E-state index in [-0.39, 0.29) is 5.92 Å². The lowest BCUT2D eigenvalue weighted by Crippen LogP contribution is -2.37. The molecule has 1 N–H and O–H groups in total. The highest BCUT2D eigenvalue weighted by Gasteiger charge is 2.27. The van der Waals surface area contributed by atoms with Gasteiger partial charge < -0.3 is 5.32 Å². The predicted molar refractivity (Wildman–Crippen MR) is 70.2 cm³/mol. The summed E-state index contributed by atoms with van der Waals surface area (Å²) >= 11 is 0. The van der Waals surface area contributed by atoms with Crippen molar-refractivity contribution in [3.05, 3.63) is 35.4 Å². The number of benzene rings is 1. The molecule has 1 nitrogen and oxygen atoms in total. The number of halogens is 2. The van der Waals surface area contributed by atoms with Crippen molar-refractivity contribution in [3.63, 3.8) is 0 Å². The van der Waals surface area contributed by atoms with Gasteiger partial charge in [0.25, 0.3) is 6.43 Å². The van der Waals surface area contributed by atoms with Crippen LogP contribution in [0.5, 0.6) is 0 Å². The first-order valence-electron chi connectivity index (χ1n) is 6.81. The van der Waals surface area contributed by atoms with Gasteiger partial charge in [-0.15, -0.1) is 0 Å². The van der Waals surface area contributed by atoms with Gasteiger partial charge in [0, 0.05) is 0 Å². The Morgan fingerprint density at radius 2 is 2.11 bits per heavy atom. The second-order valence-electron chi connectivity index (χ2n) is 5.02. The fourth-order valence-electron chi connectivity index (χ4n) is 2.94. The molecule has 0 amide bonds. The fourth-order valence-corrected chi connectivity index (χ4v) is 2.94. The molecule has 2 atom stereocenters. The number of rotatable bonds is 5. The van der Waals surface area contributed by atoms with E-state index in [1.54, 1.807) is 0 Å². The van der Waals surface area contributed by atoms with E-state index in [4.69, 9.17) is 0 Å². The molecule has 0 aromatic heterocycles. The largest absolute Gasteiger partial charge is 0.309 e. The minimum atomic E-state index is -2.28. The lowest BCUT2D eigenvalue weighted by atomic mass is 9.79. The van der Waals surface area contributed by atoms with Crippen LogP contribution in [0.15, 0.2) is 24.3 Å². The van der Waals surface area contributed by atoms with Crippen molar-refractivity contribution in [2.24, 2.45) is 0 Å². The maximum atomic E-state index is 13.0. The normalized spacial score (nSPS) is 20.8. The molecule has 0 aliphatic heterocycles. The first kappa shape index (κ1) is 13.5. The molecular formula is C15H21F2N. The maximum absolute atomic E-state index is 13.0. The first-order valence-corrected chi connectivity index (χ1v) is 6.81. The Hall–Kier alpha value is -0.960. The fraction of sp³-hybridized carbons (Fsp3) is 0.600. The molecule has 0 saturated carbocycles. The van der Waals surface area contributed by atoms with Gasteiger partial charge in [0.1, 0.15) is 0 Å². The number of hydrogen-bond acceptors (Lipinski definition) is 1. The van der Waals surface area contributed by atoms with E-state index in [9.17, 15) is 8.78 Å². The van der Waals surface area contributed by atoms with Crippen molar-refractivity contribution in [3.8, 4) is 0 Å². The van der Waals surface area contributed by atoms with Crippen LogP contribution in [0.1, 0.15) is 43.2 Å². The SMILES string of the molecule is CCNC(CC1CCCc2ccccc21)C(F)F. The zero-order valence-corrected chi connectivity index (χ0v) is 10.8. The van der Waals surface area contributed by atoms with Crippen LogP contribution in [0.25, 0.3) is 0 Å². The van der Waals surface area contributed by atoms with Gasteiger partial charge in [0.2, 0.25) is 0 Å². The number of hydrogen-bond donors (Lipinski definition) is 1. The monoisotopic (exact) mass is 253 g/mol.